The number of carbonyl (C=O) groups is 1. The number of nitrogens with zero attached hydrogens (tertiary/aromatic N) is 6. The molecule has 1 saturated heterocycles. The van der Waals surface area contributed by atoms with Crippen LogP contribution in [0.2, 0.25) is 5.02 Å². The van der Waals surface area contributed by atoms with Gasteiger partial charge in [-0.3, -0.25) is 14.1 Å². The van der Waals surface area contributed by atoms with E-state index in [1.165, 1.54) is 11.0 Å². The van der Waals surface area contributed by atoms with E-state index < -0.39 is 11.9 Å². The number of amides is 1. The molecular weight excluding hydrogens is 539 g/mol. The quantitative estimate of drug-likeness (QED) is 0.300. The van der Waals surface area contributed by atoms with Gasteiger partial charge in [-0.2, -0.15) is 5.10 Å². The van der Waals surface area contributed by atoms with E-state index in [0.29, 0.717) is 35.5 Å². The van der Waals surface area contributed by atoms with Crippen LogP contribution in [0.25, 0.3) is 38.9 Å². The first-order valence-electron chi connectivity index (χ1n) is 10.8. The maximum Gasteiger partial charge on any atom is 0.407 e. The zero-order chi connectivity index (χ0) is 24.3. The summed E-state index contributed by atoms with van der Waals surface area (Å²) in [6.45, 7) is 0.907. The number of aromatic nitrogens is 5. The van der Waals surface area contributed by atoms with Crippen LogP contribution in [0.15, 0.2) is 59.7 Å². The lowest BCUT2D eigenvalue weighted by Crippen LogP contribution is -2.27. The second-order valence-electron chi connectivity index (χ2n) is 8.39. The average Bonchev–Trinajstić information content (AvgIpc) is 3.58. The SMILES string of the molecule is O=C(O)N1CC[C@H](n2cc(-c3cnc4ccn5c(Br)c(-c6c(F)cccc6Cl)nc5c4c3)cn2)C1. The van der Waals surface area contributed by atoms with Crippen molar-refractivity contribution in [2.75, 3.05) is 13.1 Å². The summed E-state index contributed by atoms with van der Waals surface area (Å²) >= 11 is 9.86. The summed E-state index contributed by atoms with van der Waals surface area (Å²) in [5.41, 5.74) is 3.69. The summed E-state index contributed by atoms with van der Waals surface area (Å²) in [5, 5.41) is 14.8. The van der Waals surface area contributed by atoms with Gasteiger partial charge in [-0.1, -0.05) is 17.7 Å². The lowest BCUT2D eigenvalue weighted by Gasteiger charge is -2.12. The molecule has 8 nitrogen and oxygen atoms in total. The zero-order valence-electron chi connectivity index (χ0n) is 18.1. The number of hydrogen-bond donors (Lipinski definition) is 1. The van der Waals surface area contributed by atoms with Crippen molar-refractivity contribution in [2.24, 2.45) is 0 Å². The Labute approximate surface area is 211 Å². The van der Waals surface area contributed by atoms with E-state index in [9.17, 15) is 14.3 Å². The fourth-order valence-electron chi connectivity index (χ4n) is 4.53. The van der Waals surface area contributed by atoms with Crippen LogP contribution in [0.4, 0.5) is 9.18 Å². The van der Waals surface area contributed by atoms with Crippen molar-refractivity contribution < 1.29 is 14.3 Å². The van der Waals surface area contributed by atoms with Gasteiger partial charge in [0.15, 0.2) is 0 Å². The van der Waals surface area contributed by atoms with Crippen LogP contribution in [0.5, 0.6) is 0 Å². The summed E-state index contributed by atoms with van der Waals surface area (Å²) < 4.78 is 18.9. The Balaban J connectivity index is 1.43. The van der Waals surface area contributed by atoms with Gasteiger partial charge in [-0.05, 0) is 46.6 Å². The largest absolute Gasteiger partial charge is 0.465 e. The van der Waals surface area contributed by atoms with Crippen molar-refractivity contribution in [3.63, 3.8) is 0 Å². The molecule has 0 aliphatic carbocycles. The second kappa shape index (κ2) is 8.31. The highest BCUT2D eigenvalue weighted by molar-refractivity contribution is 9.10. The third kappa shape index (κ3) is 3.64. The Morgan fingerprint density at radius 2 is 2.09 bits per heavy atom. The van der Waals surface area contributed by atoms with E-state index in [1.54, 1.807) is 24.5 Å². The van der Waals surface area contributed by atoms with Crippen molar-refractivity contribution in [2.45, 2.75) is 12.5 Å². The number of rotatable bonds is 3. The Morgan fingerprint density at radius 1 is 1.23 bits per heavy atom. The monoisotopic (exact) mass is 554 g/mol. The third-order valence-electron chi connectivity index (χ3n) is 6.34. The number of hydrogen-bond acceptors (Lipinski definition) is 4. The summed E-state index contributed by atoms with van der Waals surface area (Å²) in [6, 6.07) is 8.38. The minimum atomic E-state index is -0.912. The van der Waals surface area contributed by atoms with E-state index in [2.05, 4.69) is 26.0 Å². The van der Waals surface area contributed by atoms with Crippen LogP contribution in [0.3, 0.4) is 0 Å². The highest BCUT2D eigenvalue weighted by Crippen LogP contribution is 2.37. The molecule has 1 N–H and O–H groups in total. The molecule has 35 heavy (non-hydrogen) atoms. The molecule has 6 rings (SSSR count). The summed E-state index contributed by atoms with van der Waals surface area (Å²) in [4.78, 5) is 22.0. The van der Waals surface area contributed by atoms with Gasteiger partial charge in [-0.15, -0.1) is 0 Å². The molecule has 1 aromatic carbocycles. The molecule has 0 saturated carbocycles. The lowest BCUT2D eigenvalue weighted by atomic mass is 10.1. The maximum absolute atomic E-state index is 14.6. The highest BCUT2D eigenvalue weighted by atomic mass is 79.9. The van der Waals surface area contributed by atoms with Crippen LogP contribution in [-0.4, -0.2) is 53.3 Å². The van der Waals surface area contributed by atoms with Gasteiger partial charge >= 0.3 is 6.09 Å². The van der Waals surface area contributed by atoms with Gasteiger partial charge in [-0.25, -0.2) is 14.2 Å². The number of fused-ring (bicyclic) bond motifs is 3. The molecule has 4 aromatic heterocycles. The number of likely N-dealkylation sites (tertiary alicyclic amines) is 1. The first kappa shape index (κ1) is 22.0. The van der Waals surface area contributed by atoms with Crippen LogP contribution in [0.1, 0.15) is 12.5 Å². The molecule has 1 fully saturated rings. The lowest BCUT2D eigenvalue weighted by molar-refractivity contribution is 0.154. The molecule has 1 amide bonds. The van der Waals surface area contributed by atoms with Gasteiger partial charge in [0.1, 0.15) is 21.8 Å². The van der Waals surface area contributed by atoms with E-state index >= 15 is 0 Å². The fraction of sp³-hybridized carbons (Fsp3) is 0.167. The van der Waals surface area contributed by atoms with Gasteiger partial charge < -0.3 is 10.0 Å². The normalized spacial score (nSPS) is 16.0. The minimum absolute atomic E-state index is 0.00343. The number of benzene rings is 1. The zero-order valence-corrected chi connectivity index (χ0v) is 20.4. The summed E-state index contributed by atoms with van der Waals surface area (Å²) in [6.07, 6.45) is 7.05. The number of carboxylic acid groups (broad SMARTS) is 1. The topological polar surface area (TPSA) is 88.5 Å². The number of imidazole rings is 1. The average molecular weight is 556 g/mol. The standard InChI is InChI=1S/C24H17BrClFN6O2/c25-22-21(20-17(26)2-1-3-18(20)27)30-23-16-8-13(9-28-19(16)5-7-32(22)23)14-10-29-33(11-14)15-4-6-31(12-15)24(34)35/h1-3,5,7-11,15H,4,6,12H2,(H,34,35)/t15-/m0/s1. The van der Waals surface area contributed by atoms with E-state index in [1.807, 2.05) is 33.6 Å². The predicted octanol–water partition coefficient (Wildman–Crippen LogP) is 5.89. The van der Waals surface area contributed by atoms with Crippen molar-refractivity contribution >= 4 is 50.2 Å². The molecule has 5 heterocycles. The number of pyridine rings is 2. The molecule has 1 aliphatic heterocycles. The van der Waals surface area contributed by atoms with Gasteiger partial charge in [0.05, 0.1) is 28.3 Å². The summed E-state index contributed by atoms with van der Waals surface area (Å²) in [7, 11) is 0. The fourth-order valence-corrected chi connectivity index (χ4v) is 5.36. The molecule has 1 atom stereocenters. The number of halogens is 3. The molecule has 5 aromatic rings. The first-order valence-corrected chi connectivity index (χ1v) is 12.0. The van der Waals surface area contributed by atoms with Crippen molar-refractivity contribution in [3.8, 4) is 22.4 Å². The van der Waals surface area contributed by atoms with Gasteiger partial charge in [0, 0.05) is 48.2 Å². The highest BCUT2D eigenvalue weighted by Gasteiger charge is 2.27. The minimum Gasteiger partial charge on any atom is -0.465 e. The predicted molar refractivity (Wildman–Crippen MR) is 133 cm³/mol. The van der Waals surface area contributed by atoms with Crippen molar-refractivity contribution in [1.82, 2.24) is 29.0 Å². The first-order chi connectivity index (χ1) is 16.9. The maximum atomic E-state index is 14.6. The van der Waals surface area contributed by atoms with E-state index in [-0.39, 0.29) is 16.6 Å². The van der Waals surface area contributed by atoms with Crippen LogP contribution in [-0.2, 0) is 0 Å². The van der Waals surface area contributed by atoms with Gasteiger partial charge in [0.25, 0.3) is 0 Å². The van der Waals surface area contributed by atoms with Crippen molar-refractivity contribution in [3.05, 3.63) is 70.6 Å². The van der Waals surface area contributed by atoms with Crippen LogP contribution < -0.4 is 0 Å². The second-order valence-corrected chi connectivity index (χ2v) is 9.55. The third-order valence-corrected chi connectivity index (χ3v) is 7.41. The van der Waals surface area contributed by atoms with Crippen LogP contribution in [0, 0.1) is 5.82 Å². The smallest absolute Gasteiger partial charge is 0.407 e. The molecule has 176 valence electrons. The molecule has 0 spiro atoms. The Bertz CT molecular complexity index is 1610. The molecule has 0 bridgehead atoms. The van der Waals surface area contributed by atoms with Crippen LogP contribution >= 0.6 is 27.5 Å². The Kier molecular flexibility index (Phi) is 5.23. The van der Waals surface area contributed by atoms with E-state index in [4.69, 9.17) is 16.6 Å². The molecule has 0 unspecified atom stereocenters. The van der Waals surface area contributed by atoms with E-state index in [0.717, 1.165) is 22.0 Å². The summed E-state index contributed by atoms with van der Waals surface area (Å²) in [5.74, 6) is -0.453. The Morgan fingerprint density at radius 3 is 2.86 bits per heavy atom. The van der Waals surface area contributed by atoms with Gasteiger partial charge in [0.2, 0.25) is 0 Å². The molecule has 0 radical (unpaired) electrons. The van der Waals surface area contributed by atoms with Crippen molar-refractivity contribution in [1.29, 1.82) is 0 Å². The Hall–Kier alpha value is -3.50. The molecule has 1 aliphatic rings. The molecular formula is C24H17BrClFN6O2. The molecule has 11 heteroatoms.